The second-order valence-corrected chi connectivity index (χ2v) is 7.36. The highest BCUT2D eigenvalue weighted by Crippen LogP contribution is 2.11. The third kappa shape index (κ3) is 4.83. The van der Waals surface area contributed by atoms with Crippen molar-refractivity contribution in [1.82, 2.24) is 29.5 Å². The first kappa shape index (κ1) is 18.8. The van der Waals surface area contributed by atoms with Crippen LogP contribution in [0, 0.1) is 11.7 Å². The molecule has 1 fully saturated rings. The van der Waals surface area contributed by atoms with E-state index in [0.29, 0.717) is 4.77 Å². The van der Waals surface area contributed by atoms with Gasteiger partial charge in [0.1, 0.15) is 17.3 Å². The predicted octanol–water partition coefficient (Wildman–Crippen LogP) is 3.18. The van der Waals surface area contributed by atoms with Crippen LogP contribution in [0.5, 0.6) is 0 Å². The summed E-state index contributed by atoms with van der Waals surface area (Å²) < 4.78 is 8.02. The monoisotopic (exact) mass is 396 g/mol. The van der Waals surface area contributed by atoms with Crippen molar-refractivity contribution in [3.05, 3.63) is 64.3 Å². The van der Waals surface area contributed by atoms with Gasteiger partial charge in [0, 0.05) is 45.1 Å². The molecule has 28 heavy (non-hydrogen) atoms. The van der Waals surface area contributed by atoms with Crippen molar-refractivity contribution in [2.75, 3.05) is 26.2 Å². The maximum Gasteiger partial charge on any atom is 0.217 e. The Balaban J connectivity index is 1.31. The maximum absolute atomic E-state index is 5.54. The molecule has 1 aliphatic heterocycles. The Bertz CT molecular complexity index is 982. The Morgan fingerprint density at radius 3 is 2.68 bits per heavy atom. The molecule has 0 aromatic carbocycles. The topological polar surface area (TPSA) is 66.1 Å². The summed E-state index contributed by atoms with van der Waals surface area (Å²) in [5.41, 5.74) is 1.26. The lowest BCUT2D eigenvalue weighted by Gasteiger charge is -2.34. The third-order valence-electron chi connectivity index (χ3n) is 4.80. The third-order valence-corrected chi connectivity index (χ3v) is 5.11. The molecule has 0 saturated carbocycles. The molecule has 0 atom stereocenters. The Kier molecular flexibility index (Phi) is 5.80. The summed E-state index contributed by atoms with van der Waals surface area (Å²) in [6.45, 7) is 7.65. The van der Waals surface area contributed by atoms with Gasteiger partial charge in [-0.25, -0.2) is 4.68 Å². The van der Waals surface area contributed by atoms with Gasteiger partial charge in [0.2, 0.25) is 4.77 Å². The summed E-state index contributed by atoms with van der Waals surface area (Å²) in [5, 5.41) is 3.27. The first-order chi connectivity index (χ1) is 13.7. The lowest BCUT2D eigenvalue weighted by molar-refractivity contribution is 0.0981. The molecular weight excluding hydrogens is 372 g/mol. The van der Waals surface area contributed by atoms with Gasteiger partial charge < -0.3 is 4.42 Å². The molecule has 0 radical (unpaired) electrons. The predicted molar refractivity (Wildman–Crippen MR) is 111 cm³/mol. The van der Waals surface area contributed by atoms with Crippen molar-refractivity contribution in [2.45, 2.75) is 20.1 Å². The zero-order valence-electron chi connectivity index (χ0n) is 15.9. The van der Waals surface area contributed by atoms with Crippen LogP contribution in [0.3, 0.4) is 0 Å². The Morgan fingerprint density at radius 1 is 1.14 bits per heavy atom. The number of aryl methyl sites for hydroxylation is 1. The van der Waals surface area contributed by atoms with Crippen LogP contribution < -0.4 is 0 Å². The number of nitrogens with zero attached hydrogens (tertiary/aromatic N) is 5. The summed E-state index contributed by atoms with van der Waals surface area (Å²) in [6, 6.07) is 7.99. The first-order valence-corrected chi connectivity index (χ1v) is 9.81. The molecule has 146 valence electrons. The molecule has 1 saturated heterocycles. The van der Waals surface area contributed by atoms with E-state index in [-0.39, 0.29) is 0 Å². The number of H-pyrrole nitrogens is 1. The molecule has 1 aliphatic rings. The molecule has 0 amide bonds. The second kappa shape index (κ2) is 8.64. The summed E-state index contributed by atoms with van der Waals surface area (Å²) >= 11 is 5.41. The van der Waals surface area contributed by atoms with Crippen molar-refractivity contribution >= 4 is 24.4 Å². The van der Waals surface area contributed by atoms with Crippen LogP contribution in [-0.4, -0.2) is 55.7 Å². The first-order valence-electron chi connectivity index (χ1n) is 9.41. The average molecular weight is 397 g/mol. The summed E-state index contributed by atoms with van der Waals surface area (Å²) in [4.78, 5) is 13.5. The lowest BCUT2D eigenvalue weighted by Crippen LogP contribution is -2.46. The zero-order chi connectivity index (χ0) is 19.3. The van der Waals surface area contributed by atoms with Gasteiger partial charge in [-0.2, -0.15) is 4.98 Å². The van der Waals surface area contributed by atoms with Crippen molar-refractivity contribution in [1.29, 1.82) is 0 Å². The fourth-order valence-corrected chi connectivity index (χ4v) is 3.49. The maximum atomic E-state index is 5.54. The van der Waals surface area contributed by atoms with E-state index in [2.05, 4.69) is 30.9 Å². The molecule has 1 N–H and O–H groups in total. The van der Waals surface area contributed by atoms with Gasteiger partial charge >= 0.3 is 0 Å². The van der Waals surface area contributed by atoms with Gasteiger partial charge in [0.15, 0.2) is 0 Å². The summed E-state index contributed by atoms with van der Waals surface area (Å²) in [6.07, 6.45) is 7.53. The normalized spacial score (nSPS) is 16.2. The van der Waals surface area contributed by atoms with E-state index in [1.165, 1.54) is 5.56 Å². The van der Waals surface area contributed by atoms with E-state index >= 15 is 0 Å². The van der Waals surface area contributed by atoms with Gasteiger partial charge in [0.25, 0.3) is 0 Å². The molecule has 8 heteroatoms. The van der Waals surface area contributed by atoms with Crippen LogP contribution in [0.2, 0.25) is 0 Å². The number of aromatic amines is 1. The smallest absolute Gasteiger partial charge is 0.217 e. The van der Waals surface area contributed by atoms with Crippen LogP contribution in [-0.2, 0) is 13.2 Å². The van der Waals surface area contributed by atoms with Gasteiger partial charge in [-0.15, -0.1) is 0 Å². The highest BCUT2D eigenvalue weighted by Gasteiger charge is 2.17. The van der Waals surface area contributed by atoms with Crippen molar-refractivity contribution in [3.8, 4) is 0 Å². The van der Waals surface area contributed by atoms with Gasteiger partial charge in [-0.3, -0.25) is 19.9 Å². The van der Waals surface area contributed by atoms with Crippen molar-refractivity contribution in [2.24, 2.45) is 0 Å². The number of rotatable bonds is 6. The van der Waals surface area contributed by atoms with Crippen LogP contribution in [0.15, 0.2) is 41.1 Å². The molecule has 0 spiro atoms. The minimum atomic E-state index is 0.563. The molecule has 0 unspecified atom stereocenters. The summed E-state index contributed by atoms with van der Waals surface area (Å²) in [7, 11) is 0. The van der Waals surface area contributed by atoms with E-state index in [1.807, 2.05) is 54.4 Å². The Morgan fingerprint density at radius 2 is 1.96 bits per heavy atom. The van der Waals surface area contributed by atoms with Crippen LogP contribution in [0.4, 0.5) is 0 Å². The average Bonchev–Trinajstić information content (AvgIpc) is 3.28. The van der Waals surface area contributed by atoms with E-state index in [0.717, 1.165) is 56.7 Å². The molecule has 0 bridgehead atoms. The van der Waals surface area contributed by atoms with Gasteiger partial charge in [0.05, 0.1) is 6.67 Å². The highest BCUT2D eigenvalue weighted by molar-refractivity contribution is 7.71. The fourth-order valence-electron chi connectivity index (χ4n) is 3.29. The van der Waals surface area contributed by atoms with Crippen LogP contribution in [0.1, 0.15) is 22.9 Å². The van der Waals surface area contributed by atoms with E-state index in [9.17, 15) is 0 Å². The molecular formula is C20H24N6OS. The lowest BCUT2D eigenvalue weighted by atomic mass is 10.2. The fraction of sp³-hybridized carbons (Fsp3) is 0.350. The molecule has 3 aromatic rings. The van der Waals surface area contributed by atoms with Crippen LogP contribution in [0.25, 0.3) is 12.2 Å². The molecule has 0 aliphatic carbocycles. The minimum absolute atomic E-state index is 0.563. The Hall–Kier alpha value is -2.55. The molecule has 3 aromatic heterocycles. The highest BCUT2D eigenvalue weighted by atomic mass is 32.1. The van der Waals surface area contributed by atoms with Gasteiger partial charge in [-0.05, 0) is 55.1 Å². The Labute approximate surface area is 169 Å². The number of nitrogens with one attached hydrogen (secondary N) is 1. The molecule has 4 rings (SSSR count). The van der Waals surface area contributed by atoms with E-state index in [1.54, 1.807) is 0 Å². The largest absolute Gasteiger partial charge is 0.462 e. The van der Waals surface area contributed by atoms with Crippen molar-refractivity contribution in [3.63, 3.8) is 0 Å². The molecule has 4 heterocycles. The van der Waals surface area contributed by atoms with Gasteiger partial charge in [-0.1, -0.05) is 6.07 Å². The number of pyridine rings is 1. The number of piperazine rings is 1. The number of hydrogen-bond acceptors (Lipinski definition) is 6. The standard InChI is InChI=1S/C20H24N6OS/c1-16-4-5-18(27-16)6-7-19-22-20(28)26(23-19)15-25-11-9-24(10-12-25)14-17-3-2-8-21-13-17/h2-8,13H,9-12,14-15H2,1H3,(H,22,23,28)/b7-6+. The number of furan rings is 1. The second-order valence-electron chi connectivity index (χ2n) is 7.00. The van der Waals surface area contributed by atoms with E-state index in [4.69, 9.17) is 16.6 Å². The van der Waals surface area contributed by atoms with E-state index < -0.39 is 0 Å². The van der Waals surface area contributed by atoms with Crippen molar-refractivity contribution < 1.29 is 4.42 Å². The quantitative estimate of drug-likeness (QED) is 0.646. The minimum Gasteiger partial charge on any atom is -0.462 e. The van der Waals surface area contributed by atoms with Crippen LogP contribution >= 0.6 is 12.2 Å². The summed E-state index contributed by atoms with van der Waals surface area (Å²) in [5.74, 6) is 2.42. The SMILES string of the molecule is Cc1ccc(/C=C/c2nc(=S)n(CN3CCN(Cc4cccnc4)CC3)[nH]2)o1. The zero-order valence-corrected chi connectivity index (χ0v) is 16.7. The number of hydrogen-bond donors (Lipinski definition) is 1. The molecule has 7 nitrogen and oxygen atoms in total. The number of aromatic nitrogens is 4.